The molecule has 3 aromatic heterocycles. The average molecular weight is 835 g/mol. The molecule has 64 heavy (non-hydrogen) atoms. The maximum atomic E-state index is 7.11. The molecule has 0 unspecified atom stereocenters. The number of furan rings is 1. The molecular formula is C60H38N2OS. The summed E-state index contributed by atoms with van der Waals surface area (Å²) in [5.41, 5.74) is 15.3. The van der Waals surface area contributed by atoms with Crippen LogP contribution in [-0.2, 0) is 0 Å². The molecule has 0 saturated carbocycles. The molecule has 0 N–H and O–H groups in total. The Morgan fingerprint density at radius 3 is 1.69 bits per heavy atom. The van der Waals surface area contributed by atoms with Crippen LogP contribution in [0, 0.1) is 0 Å². The van der Waals surface area contributed by atoms with Crippen molar-refractivity contribution in [3.8, 4) is 39.1 Å². The van der Waals surface area contributed by atoms with Crippen molar-refractivity contribution >= 4 is 92.3 Å². The summed E-state index contributed by atoms with van der Waals surface area (Å²) >= 11 is 1.86. The SMILES string of the molecule is c1ccc(-c2ccc3c(c2)oc2c(-c4ccccc4)ccc(N(c4ccc5c(c4)sc4cc(-c6ccccc6)ccc45)c4cccc5c4c4ccccc4n5-c4ccccc4)c23)cc1. The van der Waals surface area contributed by atoms with Crippen LogP contribution in [0.1, 0.15) is 0 Å². The third-order valence-electron chi connectivity index (χ3n) is 12.8. The zero-order valence-corrected chi connectivity index (χ0v) is 35.5. The Morgan fingerprint density at radius 2 is 0.953 bits per heavy atom. The summed E-state index contributed by atoms with van der Waals surface area (Å²) in [6.45, 7) is 0. The van der Waals surface area contributed by atoms with Gasteiger partial charge in [0, 0.05) is 53.3 Å². The lowest BCUT2D eigenvalue weighted by atomic mass is 9.98. The summed E-state index contributed by atoms with van der Waals surface area (Å²) in [6, 6.07) is 83.3. The van der Waals surface area contributed by atoms with Crippen molar-refractivity contribution in [2.24, 2.45) is 0 Å². The van der Waals surface area contributed by atoms with Crippen LogP contribution in [0.2, 0.25) is 0 Å². The number of rotatable bonds is 7. The predicted octanol–water partition coefficient (Wildman–Crippen LogP) is 17.5. The van der Waals surface area contributed by atoms with E-state index in [1.165, 1.54) is 42.1 Å². The van der Waals surface area contributed by atoms with Crippen LogP contribution in [0.15, 0.2) is 235 Å². The highest BCUT2D eigenvalue weighted by molar-refractivity contribution is 7.25. The van der Waals surface area contributed by atoms with Gasteiger partial charge in [-0.15, -0.1) is 11.3 Å². The molecular weight excluding hydrogens is 797 g/mol. The van der Waals surface area contributed by atoms with Crippen LogP contribution in [0.3, 0.4) is 0 Å². The Kier molecular flexibility index (Phi) is 8.40. The summed E-state index contributed by atoms with van der Waals surface area (Å²) < 4.78 is 12.0. The fourth-order valence-electron chi connectivity index (χ4n) is 9.87. The van der Waals surface area contributed by atoms with Gasteiger partial charge in [0.25, 0.3) is 0 Å². The highest BCUT2D eigenvalue weighted by Gasteiger charge is 2.26. The van der Waals surface area contributed by atoms with Crippen molar-refractivity contribution in [2.75, 3.05) is 4.90 Å². The van der Waals surface area contributed by atoms with Gasteiger partial charge in [-0.25, -0.2) is 0 Å². The second-order valence-electron chi connectivity index (χ2n) is 16.4. The molecule has 0 atom stereocenters. The van der Waals surface area contributed by atoms with Crippen molar-refractivity contribution < 1.29 is 4.42 Å². The second-order valence-corrected chi connectivity index (χ2v) is 17.5. The van der Waals surface area contributed by atoms with Gasteiger partial charge in [-0.2, -0.15) is 0 Å². The van der Waals surface area contributed by atoms with Gasteiger partial charge in [-0.05, 0) is 101 Å². The molecule has 4 heteroatoms. The number of aromatic nitrogens is 1. The Bertz CT molecular complexity index is 3890. The summed E-state index contributed by atoms with van der Waals surface area (Å²) in [4.78, 5) is 2.49. The molecule has 0 saturated heterocycles. The highest BCUT2D eigenvalue weighted by Crippen LogP contribution is 2.50. The van der Waals surface area contributed by atoms with E-state index in [1.807, 2.05) is 11.3 Å². The van der Waals surface area contributed by atoms with Gasteiger partial charge in [0.05, 0.1) is 27.8 Å². The van der Waals surface area contributed by atoms with Gasteiger partial charge in [0.1, 0.15) is 11.2 Å². The molecule has 13 aromatic rings. The molecule has 13 rings (SSSR count). The van der Waals surface area contributed by atoms with E-state index < -0.39 is 0 Å². The monoisotopic (exact) mass is 834 g/mol. The fraction of sp³-hybridized carbons (Fsp3) is 0. The van der Waals surface area contributed by atoms with Gasteiger partial charge in [0.15, 0.2) is 0 Å². The summed E-state index contributed by atoms with van der Waals surface area (Å²) in [7, 11) is 0. The first kappa shape index (κ1) is 36.5. The molecule has 0 fully saturated rings. The fourth-order valence-corrected chi connectivity index (χ4v) is 11.0. The average Bonchev–Trinajstić information content (AvgIpc) is 4.05. The minimum Gasteiger partial charge on any atom is -0.455 e. The van der Waals surface area contributed by atoms with Gasteiger partial charge in [-0.3, -0.25) is 0 Å². The third-order valence-corrected chi connectivity index (χ3v) is 13.9. The second kappa shape index (κ2) is 14.7. The molecule has 10 aromatic carbocycles. The molecule has 3 nitrogen and oxygen atoms in total. The molecule has 0 bridgehead atoms. The Balaban J connectivity index is 1.11. The van der Waals surface area contributed by atoms with E-state index in [2.05, 4.69) is 240 Å². The van der Waals surface area contributed by atoms with Crippen LogP contribution in [-0.4, -0.2) is 4.57 Å². The number of nitrogens with zero attached hydrogens (tertiary/aromatic N) is 2. The quantitative estimate of drug-likeness (QED) is 0.159. The number of fused-ring (bicyclic) bond motifs is 9. The van der Waals surface area contributed by atoms with E-state index in [1.54, 1.807) is 0 Å². The molecule has 0 radical (unpaired) electrons. The first-order chi connectivity index (χ1) is 31.7. The summed E-state index contributed by atoms with van der Waals surface area (Å²) in [6.07, 6.45) is 0. The van der Waals surface area contributed by atoms with E-state index >= 15 is 0 Å². The molecule has 0 aliphatic rings. The van der Waals surface area contributed by atoms with Gasteiger partial charge >= 0.3 is 0 Å². The number of hydrogen-bond acceptors (Lipinski definition) is 3. The predicted molar refractivity (Wildman–Crippen MR) is 272 cm³/mol. The zero-order valence-electron chi connectivity index (χ0n) is 34.7. The van der Waals surface area contributed by atoms with E-state index in [0.717, 1.165) is 78.0 Å². The molecule has 3 heterocycles. The van der Waals surface area contributed by atoms with Gasteiger partial charge < -0.3 is 13.9 Å². The smallest absolute Gasteiger partial charge is 0.145 e. The van der Waals surface area contributed by atoms with Crippen LogP contribution in [0.4, 0.5) is 17.1 Å². The van der Waals surface area contributed by atoms with E-state index in [4.69, 9.17) is 4.42 Å². The standard InChI is InChI=1S/C60H38N2OS/c1-5-16-39(17-6-1)42-29-32-50-55(36-42)63-60-46(41-20-9-3-10-21-41)34-35-54(59(50)60)62(45-30-33-48-47-31-28-43(40-18-7-2-8-19-40)37-56(47)64-57(48)38-45)53-27-15-26-52-58(53)49-24-13-14-25-51(49)61(52)44-22-11-4-12-23-44/h1-38H. The molecule has 0 spiro atoms. The first-order valence-electron chi connectivity index (χ1n) is 21.7. The maximum Gasteiger partial charge on any atom is 0.145 e. The van der Waals surface area contributed by atoms with Gasteiger partial charge in [0.2, 0.25) is 0 Å². The van der Waals surface area contributed by atoms with Crippen molar-refractivity contribution in [1.82, 2.24) is 4.57 Å². The number of benzene rings is 10. The number of anilines is 3. The van der Waals surface area contributed by atoms with Crippen LogP contribution in [0.25, 0.3) is 103 Å². The maximum absolute atomic E-state index is 7.11. The molecule has 0 aliphatic heterocycles. The minimum absolute atomic E-state index is 0.856. The minimum atomic E-state index is 0.856. The highest BCUT2D eigenvalue weighted by atomic mass is 32.1. The summed E-state index contributed by atoms with van der Waals surface area (Å²) in [5.74, 6) is 0. The zero-order chi connectivity index (χ0) is 42.1. The molecule has 0 amide bonds. The van der Waals surface area contributed by atoms with Crippen LogP contribution in [0.5, 0.6) is 0 Å². The first-order valence-corrected chi connectivity index (χ1v) is 22.6. The number of para-hydroxylation sites is 2. The van der Waals surface area contributed by atoms with E-state index in [-0.39, 0.29) is 0 Å². The van der Waals surface area contributed by atoms with Crippen molar-refractivity contribution in [2.45, 2.75) is 0 Å². The lowest BCUT2D eigenvalue weighted by molar-refractivity contribution is 0.670. The Labute approximate surface area is 373 Å². The topological polar surface area (TPSA) is 21.3 Å². The normalized spacial score (nSPS) is 11.8. The molecule has 0 aliphatic carbocycles. The van der Waals surface area contributed by atoms with Crippen molar-refractivity contribution in [1.29, 1.82) is 0 Å². The summed E-state index contributed by atoms with van der Waals surface area (Å²) in [5, 5.41) is 7.06. The van der Waals surface area contributed by atoms with Crippen LogP contribution < -0.4 is 4.90 Å². The Morgan fingerprint density at radius 1 is 0.375 bits per heavy atom. The van der Waals surface area contributed by atoms with Crippen molar-refractivity contribution in [3.05, 3.63) is 231 Å². The van der Waals surface area contributed by atoms with E-state index in [9.17, 15) is 0 Å². The Hall–Kier alpha value is -8.18. The lowest BCUT2D eigenvalue weighted by Gasteiger charge is -2.28. The lowest BCUT2D eigenvalue weighted by Crippen LogP contribution is -2.11. The number of thiophene rings is 1. The largest absolute Gasteiger partial charge is 0.455 e. The van der Waals surface area contributed by atoms with Crippen LogP contribution >= 0.6 is 11.3 Å². The molecule has 300 valence electrons. The van der Waals surface area contributed by atoms with E-state index in [0.29, 0.717) is 0 Å². The van der Waals surface area contributed by atoms with Crippen molar-refractivity contribution in [3.63, 3.8) is 0 Å². The van der Waals surface area contributed by atoms with Gasteiger partial charge in [-0.1, -0.05) is 158 Å². The third kappa shape index (κ3) is 5.81. The number of hydrogen-bond donors (Lipinski definition) is 0.